The van der Waals surface area contributed by atoms with E-state index in [1.54, 1.807) is 12.1 Å². The van der Waals surface area contributed by atoms with Crippen LogP contribution in [0.2, 0.25) is 0 Å². The van der Waals surface area contributed by atoms with E-state index in [-0.39, 0.29) is 5.82 Å². The zero-order chi connectivity index (χ0) is 19.6. The predicted molar refractivity (Wildman–Crippen MR) is 109 cm³/mol. The number of benzene rings is 3. The molecule has 29 heavy (non-hydrogen) atoms. The Balaban J connectivity index is 1.56. The lowest BCUT2D eigenvalue weighted by Crippen LogP contribution is -2.35. The molecule has 1 aliphatic heterocycles. The van der Waals surface area contributed by atoms with E-state index in [4.69, 9.17) is 4.42 Å². The van der Waals surface area contributed by atoms with E-state index in [1.165, 1.54) is 17.2 Å². The molecule has 5 heteroatoms. The Kier molecular flexibility index (Phi) is 4.66. The summed E-state index contributed by atoms with van der Waals surface area (Å²) in [6, 6.07) is 24.4. The van der Waals surface area contributed by atoms with Gasteiger partial charge in [-0.2, -0.15) is 0 Å². The molecule has 0 amide bonds. The van der Waals surface area contributed by atoms with Gasteiger partial charge in [-0.25, -0.2) is 4.39 Å². The van der Waals surface area contributed by atoms with Crippen molar-refractivity contribution in [2.24, 2.45) is 0 Å². The van der Waals surface area contributed by atoms with Crippen LogP contribution in [-0.2, 0) is 13.0 Å². The largest absolute Gasteiger partial charge is 0.419 e. The lowest BCUT2D eigenvalue weighted by molar-refractivity contribution is 0.178. The van der Waals surface area contributed by atoms with Crippen LogP contribution in [0.4, 0.5) is 4.39 Å². The Labute approximate surface area is 168 Å². The minimum absolute atomic E-state index is 0.268. The van der Waals surface area contributed by atoms with Gasteiger partial charge in [-0.15, -0.1) is 10.2 Å². The van der Waals surface area contributed by atoms with Gasteiger partial charge in [0.25, 0.3) is 0 Å². The van der Waals surface area contributed by atoms with Crippen molar-refractivity contribution in [1.82, 2.24) is 15.1 Å². The van der Waals surface area contributed by atoms with Crippen LogP contribution in [-0.4, -0.2) is 21.6 Å². The average Bonchev–Trinajstić information content (AvgIpc) is 3.26. The van der Waals surface area contributed by atoms with Gasteiger partial charge in [0.15, 0.2) is 0 Å². The number of hydrogen-bond acceptors (Lipinski definition) is 4. The first kappa shape index (κ1) is 17.8. The van der Waals surface area contributed by atoms with E-state index in [0.29, 0.717) is 23.9 Å². The van der Waals surface area contributed by atoms with E-state index in [1.807, 2.05) is 42.5 Å². The van der Waals surface area contributed by atoms with Crippen LogP contribution in [0, 0.1) is 5.82 Å². The fraction of sp³-hybridized carbons (Fsp3) is 0.167. The van der Waals surface area contributed by atoms with Crippen LogP contribution >= 0.6 is 0 Å². The average molecular weight is 385 g/mol. The molecule has 0 spiro atoms. The van der Waals surface area contributed by atoms with Crippen molar-refractivity contribution in [2.45, 2.75) is 19.0 Å². The Hall–Kier alpha value is -3.31. The van der Waals surface area contributed by atoms with Gasteiger partial charge in [-0.1, -0.05) is 60.7 Å². The molecule has 4 aromatic rings. The lowest BCUT2D eigenvalue weighted by Gasteiger charge is -2.34. The van der Waals surface area contributed by atoms with Crippen LogP contribution in [0.3, 0.4) is 0 Å². The zero-order valence-electron chi connectivity index (χ0n) is 15.8. The van der Waals surface area contributed by atoms with E-state index in [0.717, 1.165) is 18.5 Å². The Bertz CT molecular complexity index is 1130. The molecule has 0 saturated heterocycles. The molecule has 1 aromatic heterocycles. The molecule has 0 fully saturated rings. The Morgan fingerprint density at radius 2 is 1.55 bits per heavy atom. The van der Waals surface area contributed by atoms with Gasteiger partial charge in [0.05, 0.1) is 0 Å². The third kappa shape index (κ3) is 3.45. The van der Waals surface area contributed by atoms with Gasteiger partial charge in [-0.3, -0.25) is 4.90 Å². The second-order valence-electron chi connectivity index (χ2n) is 7.22. The standard InChI is InChI=1S/C24H20FN3O/c25-21-13-7-6-12-20(21)22(28-15-14-17-8-4-5-11-19(17)16-28)24-27-26-23(29-24)18-9-2-1-3-10-18/h1-13,22H,14-16H2. The van der Waals surface area contributed by atoms with Crippen molar-refractivity contribution in [3.05, 3.63) is 107 Å². The molecule has 0 aliphatic carbocycles. The van der Waals surface area contributed by atoms with Gasteiger partial charge < -0.3 is 4.42 Å². The summed E-state index contributed by atoms with van der Waals surface area (Å²) in [4.78, 5) is 2.21. The van der Waals surface area contributed by atoms with Crippen LogP contribution in [0.15, 0.2) is 83.3 Å². The minimum Gasteiger partial charge on any atom is -0.419 e. The van der Waals surface area contributed by atoms with Crippen molar-refractivity contribution < 1.29 is 8.81 Å². The van der Waals surface area contributed by atoms with Gasteiger partial charge in [0.2, 0.25) is 11.8 Å². The molecule has 2 heterocycles. The lowest BCUT2D eigenvalue weighted by atomic mass is 9.96. The number of rotatable bonds is 4. The van der Waals surface area contributed by atoms with Gasteiger partial charge in [0.1, 0.15) is 11.9 Å². The third-order valence-corrected chi connectivity index (χ3v) is 5.42. The van der Waals surface area contributed by atoms with E-state index < -0.39 is 6.04 Å². The summed E-state index contributed by atoms with van der Waals surface area (Å²) in [5, 5.41) is 8.55. The topological polar surface area (TPSA) is 42.2 Å². The summed E-state index contributed by atoms with van der Waals surface area (Å²) in [5.74, 6) is 0.587. The van der Waals surface area contributed by atoms with Crippen molar-refractivity contribution in [1.29, 1.82) is 0 Å². The van der Waals surface area contributed by atoms with E-state index in [9.17, 15) is 4.39 Å². The Morgan fingerprint density at radius 1 is 0.828 bits per heavy atom. The maximum Gasteiger partial charge on any atom is 0.247 e. The summed E-state index contributed by atoms with van der Waals surface area (Å²) in [5.41, 5.74) is 3.99. The van der Waals surface area contributed by atoms with Gasteiger partial charge in [-0.05, 0) is 35.7 Å². The number of halogens is 1. The predicted octanol–water partition coefficient (Wildman–Crippen LogP) is 5.02. The third-order valence-electron chi connectivity index (χ3n) is 5.42. The highest BCUT2D eigenvalue weighted by Gasteiger charge is 2.32. The molecule has 0 saturated carbocycles. The van der Waals surface area contributed by atoms with Crippen molar-refractivity contribution in [3.63, 3.8) is 0 Å². The fourth-order valence-corrected chi connectivity index (χ4v) is 3.96. The molecular weight excluding hydrogens is 365 g/mol. The van der Waals surface area contributed by atoms with Crippen LogP contribution < -0.4 is 0 Å². The summed E-state index contributed by atoms with van der Waals surface area (Å²) in [7, 11) is 0. The highest BCUT2D eigenvalue weighted by atomic mass is 19.1. The molecule has 1 atom stereocenters. The zero-order valence-corrected chi connectivity index (χ0v) is 15.8. The molecule has 5 rings (SSSR count). The second-order valence-corrected chi connectivity index (χ2v) is 7.22. The summed E-state index contributed by atoms with van der Waals surface area (Å²) >= 11 is 0. The molecule has 4 nitrogen and oxygen atoms in total. The molecule has 3 aromatic carbocycles. The number of fused-ring (bicyclic) bond motifs is 1. The fourth-order valence-electron chi connectivity index (χ4n) is 3.96. The van der Waals surface area contributed by atoms with Gasteiger partial charge in [0, 0.05) is 24.2 Å². The van der Waals surface area contributed by atoms with Crippen molar-refractivity contribution >= 4 is 0 Å². The monoisotopic (exact) mass is 385 g/mol. The molecule has 1 unspecified atom stereocenters. The van der Waals surface area contributed by atoms with Crippen molar-refractivity contribution in [3.8, 4) is 11.5 Å². The SMILES string of the molecule is Fc1ccccc1C(c1nnc(-c2ccccc2)o1)N1CCc2ccccc2C1. The first-order valence-corrected chi connectivity index (χ1v) is 9.73. The summed E-state index contributed by atoms with van der Waals surface area (Å²) in [6.45, 7) is 1.50. The quantitative estimate of drug-likeness (QED) is 0.494. The maximum absolute atomic E-state index is 14.8. The van der Waals surface area contributed by atoms with Crippen molar-refractivity contribution in [2.75, 3.05) is 6.54 Å². The first-order chi connectivity index (χ1) is 14.3. The number of aromatic nitrogens is 2. The van der Waals surface area contributed by atoms with Crippen LogP contribution in [0.25, 0.3) is 11.5 Å². The van der Waals surface area contributed by atoms with Gasteiger partial charge >= 0.3 is 0 Å². The molecule has 0 N–H and O–H groups in total. The van der Waals surface area contributed by atoms with E-state index in [2.05, 4.69) is 33.3 Å². The summed E-state index contributed by atoms with van der Waals surface area (Å²) in [6.07, 6.45) is 0.904. The highest BCUT2D eigenvalue weighted by Crippen LogP contribution is 2.34. The highest BCUT2D eigenvalue weighted by molar-refractivity contribution is 5.52. The second kappa shape index (κ2) is 7.60. The molecule has 0 bridgehead atoms. The number of nitrogens with zero attached hydrogens (tertiary/aromatic N) is 3. The Morgan fingerprint density at radius 3 is 2.38 bits per heavy atom. The van der Waals surface area contributed by atoms with E-state index >= 15 is 0 Å². The van der Waals surface area contributed by atoms with Crippen LogP contribution in [0.5, 0.6) is 0 Å². The molecule has 144 valence electrons. The minimum atomic E-state index is -0.436. The number of hydrogen-bond donors (Lipinski definition) is 0. The molecule has 1 aliphatic rings. The molecule has 0 radical (unpaired) electrons. The maximum atomic E-state index is 14.8. The summed E-state index contributed by atoms with van der Waals surface area (Å²) < 4.78 is 20.8. The molecular formula is C24H20FN3O. The smallest absolute Gasteiger partial charge is 0.247 e. The van der Waals surface area contributed by atoms with Crippen LogP contribution in [0.1, 0.15) is 28.6 Å². The normalized spacial score (nSPS) is 15.1. The first-order valence-electron chi connectivity index (χ1n) is 9.73.